The lowest BCUT2D eigenvalue weighted by molar-refractivity contribution is 0.0958. The topological polar surface area (TPSA) is 113 Å². The molecule has 4 heterocycles. The molecule has 2 aliphatic heterocycles. The summed E-state index contributed by atoms with van der Waals surface area (Å²) in [5, 5.41) is 3.06. The first kappa shape index (κ1) is 22.1. The van der Waals surface area contributed by atoms with E-state index in [0.717, 1.165) is 37.3 Å². The smallest absolute Gasteiger partial charge is 0.328 e. The van der Waals surface area contributed by atoms with Crippen LogP contribution in [0.15, 0.2) is 40.1 Å². The molecule has 1 unspecified atom stereocenters. The molecule has 178 valence electrons. The van der Waals surface area contributed by atoms with Gasteiger partial charge in [-0.05, 0) is 37.6 Å². The van der Waals surface area contributed by atoms with Gasteiger partial charge in [0, 0.05) is 51.4 Å². The summed E-state index contributed by atoms with van der Waals surface area (Å²) in [6.45, 7) is 5.82. The summed E-state index contributed by atoms with van der Waals surface area (Å²) < 4.78 is 7.29. The number of carbonyl (C=O) groups excluding carboxylic acids is 1. The molecule has 0 spiro atoms. The van der Waals surface area contributed by atoms with Crippen LogP contribution in [0.25, 0.3) is 10.9 Å². The summed E-state index contributed by atoms with van der Waals surface area (Å²) >= 11 is 0. The Morgan fingerprint density at radius 2 is 2.12 bits per heavy atom. The first-order chi connectivity index (χ1) is 16.5. The molecule has 0 radical (unpaired) electrons. The molecule has 2 aliphatic rings. The van der Waals surface area contributed by atoms with Crippen LogP contribution in [0.5, 0.6) is 5.75 Å². The van der Waals surface area contributed by atoms with Crippen molar-refractivity contribution in [2.45, 2.75) is 32.5 Å². The third-order valence-corrected chi connectivity index (χ3v) is 6.74. The van der Waals surface area contributed by atoms with Crippen LogP contribution < -0.4 is 26.2 Å². The monoisotopic (exact) mass is 464 g/mol. The number of aromatic nitrogens is 3. The summed E-state index contributed by atoms with van der Waals surface area (Å²) in [5.41, 5.74) is 2.21. The summed E-state index contributed by atoms with van der Waals surface area (Å²) in [6.07, 6.45) is 2.60. The van der Waals surface area contributed by atoms with Crippen LogP contribution in [0.4, 0.5) is 5.69 Å². The molecule has 2 N–H and O–H groups in total. The van der Waals surface area contributed by atoms with Crippen LogP contribution >= 0.6 is 0 Å². The predicted octanol–water partition coefficient (Wildman–Crippen LogP) is 0.938. The Morgan fingerprint density at radius 3 is 2.85 bits per heavy atom. The van der Waals surface area contributed by atoms with Gasteiger partial charge >= 0.3 is 5.69 Å². The lowest BCUT2D eigenvalue weighted by Crippen LogP contribution is -2.53. The second kappa shape index (κ2) is 8.94. The van der Waals surface area contributed by atoms with Gasteiger partial charge in [0.1, 0.15) is 11.4 Å². The summed E-state index contributed by atoms with van der Waals surface area (Å²) in [7, 11) is 1.59. The highest BCUT2D eigenvalue weighted by Crippen LogP contribution is 2.30. The number of piperazine rings is 1. The van der Waals surface area contributed by atoms with Crippen molar-refractivity contribution < 1.29 is 9.53 Å². The molecule has 34 heavy (non-hydrogen) atoms. The third-order valence-electron chi connectivity index (χ3n) is 6.74. The molecule has 1 fully saturated rings. The molecule has 10 heteroatoms. The van der Waals surface area contributed by atoms with E-state index in [2.05, 4.69) is 25.1 Å². The number of H-pyrrole nitrogens is 1. The zero-order valence-electron chi connectivity index (χ0n) is 19.3. The van der Waals surface area contributed by atoms with Crippen molar-refractivity contribution in [2.24, 2.45) is 0 Å². The molecule has 1 aromatic carbocycles. The molecule has 5 rings (SSSR count). The van der Waals surface area contributed by atoms with Crippen molar-refractivity contribution >= 4 is 22.5 Å². The first-order valence-electron chi connectivity index (χ1n) is 11.6. The fourth-order valence-electron chi connectivity index (χ4n) is 4.84. The number of ether oxygens (including phenoxy) is 1. The maximum Gasteiger partial charge on any atom is 0.328 e. The van der Waals surface area contributed by atoms with E-state index >= 15 is 0 Å². The van der Waals surface area contributed by atoms with Gasteiger partial charge in [-0.3, -0.25) is 19.1 Å². The summed E-state index contributed by atoms with van der Waals surface area (Å²) in [6, 6.07) is 7.61. The molecule has 2 aromatic heterocycles. The molecule has 0 aliphatic carbocycles. The minimum Gasteiger partial charge on any atom is -0.493 e. The van der Waals surface area contributed by atoms with Crippen LogP contribution in [0.3, 0.4) is 0 Å². The van der Waals surface area contributed by atoms with Gasteiger partial charge in [-0.2, -0.15) is 0 Å². The minimum absolute atomic E-state index is 0.199. The fourth-order valence-corrected chi connectivity index (χ4v) is 4.84. The molecule has 3 aromatic rings. The number of fused-ring (bicyclic) bond motifs is 3. The largest absolute Gasteiger partial charge is 0.493 e. The van der Waals surface area contributed by atoms with Crippen molar-refractivity contribution in [3.63, 3.8) is 0 Å². The number of aromatic amines is 1. The number of hydrogen-bond donors (Lipinski definition) is 2. The molecular weight excluding hydrogens is 436 g/mol. The molecule has 0 bridgehead atoms. The van der Waals surface area contributed by atoms with Crippen LogP contribution in [0.2, 0.25) is 0 Å². The van der Waals surface area contributed by atoms with Crippen LogP contribution in [0, 0.1) is 0 Å². The number of pyridine rings is 1. The highest BCUT2D eigenvalue weighted by Gasteiger charge is 2.30. The van der Waals surface area contributed by atoms with Crippen molar-refractivity contribution in [1.29, 1.82) is 0 Å². The predicted molar refractivity (Wildman–Crippen MR) is 129 cm³/mol. The second-order valence-corrected chi connectivity index (χ2v) is 8.67. The number of carbonyl (C=O) groups is 1. The number of rotatable bonds is 3. The Kier molecular flexibility index (Phi) is 5.82. The molecule has 10 nitrogen and oxygen atoms in total. The Hall–Kier alpha value is -3.66. The molecule has 0 saturated carbocycles. The lowest BCUT2D eigenvalue weighted by atomic mass is 10.0. The molecular formula is C24H28N6O4. The van der Waals surface area contributed by atoms with Gasteiger partial charge in [-0.15, -0.1) is 0 Å². The van der Waals surface area contributed by atoms with Gasteiger partial charge in [0.05, 0.1) is 29.4 Å². The normalized spacial score (nSPS) is 18.4. The van der Waals surface area contributed by atoms with Gasteiger partial charge in [0.15, 0.2) is 0 Å². The second-order valence-electron chi connectivity index (χ2n) is 8.67. The number of hydrogen-bond acceptors (Lipinski definition) is 7. The average Bonchev–Trinajstić information content (AvgIpc) is 2.84. The zero-order valence-corrected chi connectivity index (χ0v) is 19.3. The number of amides is 1. The minimum atomic E-state index is -0.394. The van der Waals surface area contributed by atoms with E-state index in [9.17, 15) is 14.4 Å². The van der Waals surface area contributed by atoms with Crippen molar-refractivity contribution in [1.82, 2.24) is 24.8 Å². The maximum absolute atomic E-state index is 12.7. The fraction of sp³-hybridized carbons (Fsp3) is 0.417. The Bertz CT molecular complexity index is 1350. The number of benzene rings is 1. The zero-order chi connectivity index (χ0) is 23.8. The van der Waals surface area contributed by atoms with E-state index in [4.69, 9.17) is 4.74 Å². The van der Waals surface area contributed by atoms with Gasteiger partial charge in [-0.25, -0.2) is 9.78 Å². The van der Waals surface area contributed by atoms with E-state index < -0.39 is 5.69 Å². The molecule has 1 atom stereocenters. The number of nitrogens with zero attached hydrogens (tertiary/aromatic N) is 4. The highest BCUT2D eigenvalue weighted by molar-refractivity contribution is 5.92. The quantitative estimate of drug-likeness (QED) is 0.593. The first-order valence-corrected chi connectivity index (χ1v) is 11.6. The third kappa shape index (κ3) is 3.94. The van der Waals surface area contributed by atoms with Crippen LogP contribution in [0.1, 0.15) is 29.4 Å². The standard InChI is InChI=1S/C24H28N6O4/c1-3-30-23(32)18-11-21-15(10-20(18)27-24(30)33)13-28-7-8-29(14-17(28)6-9-34-21)16-4-5-19(26-12-16)22(31)25-2/h4-5,10-12,17H,3,6-9,13-14H2,1-2H3,(H,25,31)(H,27,33). The number of anilines is 1. The summed E-state index contributed by atoms with van der Waals surface area (Å²) in [4.78, 5) is 48.6. The number of nitrogens with one attached hydrogen (secondary N) is 2. The van der Waals surface area contributed by atoms with Gasteiger partial charge < -0.3 is 19.9 Å². The van der Waals surface area contributed by atoms with Crippen molar-refractivity contribution in [3.8, 4) is 5.75 Å². The van der Waals surface area contributed by atoms with Crippen molar-refractivity contribution in [2.75, 3.05) is 38.2 Å². The van der Waals surface area contributed by atoms with Crippen molar-refractivity contribution in [3.05, 3.63) is 62.6 Å². The SMILES string of the molecule is CCn1c(=O)[nH]c2cc3c(cc2c1=O)OCCC1CN(c2ccc(C(=O)NC)nc2)CCN1C3. The van der Waals surface area contributed by atoms with E-state index in [0.29, 0.717) is 42.0 Å². The van der Waals surface area contributed by atoms with E-state index in [-0.39, 0.29) is 17.5 Å². The van der Waals surface area contributed by atoms with E-state index in [1.807, 2.05) is 12.1 Å². The average molecular weight is 465 g/mol. The molecule has 1 saturated heterocycles. The Morgan fingerprint density at radius 1 is 1.26 bits per heavy atom. The lowest BCUT2D eigenvalue weighted by Gasteiger charge is -2.43. The molecule has 1 amide bonds. The van der Waals surface area contributed by atoms with E-state index in [1.54, 1.807) is 32.3 Å². The van der Waals surface area contributed by atoms with Crippen LogP contribution in [-0.4, -0.2) is 64.7 Å². The van der Waals surface area contributed by atoms with E-state index in [1.165, 1.54) is 4.57 Å². The highest BCUT2D eigenvalue weighted by atomic mass is 16.5. The van der Waals surface area contributed by atoms with Crippen LogP contribution in [-0.2, 0) is 13.1 Å². The van der Waals surface area contributed by atoms with Gasteiger partial charge in [0.25, 0.3) is 11.5 Å². The maximum atomic E-state index is 12.7. The Balaban J connectivity index is 1.38. The summed E-state index contributed by atoms with van der Waals surface area (Å²) in [5.74, 6) is 0.504. The van der Waals surface area contributed by atoms with Gasteiger partial charge in [0.2, 0.25) is 0 Å². The van der Waals surface area contributed by atoms with Gasteiger partial charge in [-0.1, -0.05) is 0 Å². The Labute approximate surface area is 196 Å².